The number of carbonyl (C=O) groups is 2. The van der Waals surface area contributed by atoms with Gasteiger partial charge in [0.2, 0.25) is 11.8 Å². The Hall–Kier alpha value is -1.88. The molecule has 1 aromatic heterocycles. The number of rotatable bonds is 3. The van der Waals surface area contributed by atoms with Crippen LogP contribution in [0.15, 0.2) is 30.0 Å². The first-order valence-corrected chi connectivity index (χ1v) is 7.69. The fraction of sp³-hybridized carbons (Fsp3) is 0.438. The average molecular weight is 322 g/mol. The Morgan fingerprint density at radius 2 is 2.00 bits per heavy atom. The number of amides is 2. The molecule has 0 saturated carbocycles. The minimum atomic E-state index is -0.0896. The summed E-state index contributed by atoms with van der Waals surface area (Å²) in [6.45, 7) is 5.01. The number of pyridine rings is 1. The topological polar surface area (TPSA) is 62.3 Å². The van der Waals surface area contributed by atoms with E-state index in [1.54, 1.807) is 23.1 Å². The van der Waals surface area contributed by atoms with Crippen molar-refractivity contribution >= 4 is 29.2 Å². The van der Waals surface area contributed by atoms with Crippen molar-refractivity contribution in [3.63, 3.8) is 0 Å². The summed E-state index contributed by atoms with van der Waals surface area (Å²) in [6, 6.07) is 3.36. The highest BCUT2D eigenvalue weighted by Crippen LogP contribution is 2.20. The van der Waals surface area contributed by atoms with Crippen LogP contribution in [0.1, 0.15) is 26.7 Å². The molecule has 0 bridgehead atoms. The molecular formula is C16H20ClN3O2. The number of hydrogen-bond donors (Lipinski definition) is 1. The van der Waals surface area contributed by atoms with E-state index in [0.717, 1.165) is 5.57 Å². The Bertz CT molecular complexity index is 572. The van der Waals surface area contributed by atoms with Crippen molar-refractivity contribution in [2.24, 2.45) is 5.92 Å². The monoisotopic (exact) mass is 321 g/mol. The third kappa shape index (κ3) is 4.56. The lowest BCUT2D eigenvalue weighted by atomic mass is 9.96. The maximum atomic E-state index is 12.2. The summed E-state index contributed by atoms with van der Waals surface area (Å²) in [6.07, 6.45) is 4.47. The Morgan fingerprint density at radius 1 is 1.32 bits per heavy atom. The number of allylic oxidation sites excluding steroid dienone is 1. The first kappa shape index (κ1) is 16.5. The second kappa shape index (κ2) is 7.40. The molecule has 22 heavy (non-hydrogen) atoms. The standard InChI is InChI=1S/C16H20ClN3O2/c1-11(2)9-15(21)20-7-5-12(6-8-20)16(22)19-14-4-3-13(17)10-18-14/h3-4,9-10,12H,5-8H2,1-2H3,(H,18,19,22). The first-order chi connectivity index (χ1) is 10.5. The number of halogens is 1. The molecule has 0 aromatic carbocycles. The molecule has 1 aromatic rings. The minimum absolute atomic E-state index is 0.0261. The zero-order valence-electron chi connectivity index (χ0n) is 12.8. The molecule has 2 rings (SSSR count). The lowest BCUT2D eigenvalue weighted by molar-refractivity contribution is -0.130. The van der Waals surface area contributed by atoms with Crippen molar-refractivity contribution in [1.29, 1.82) is 0 Å². The van der Waals surface area contributed by atoms with Gasteiger partial charge >= 0.3 is 0 Å². The van der Waals surface area contributed by atoms with Crippen LogP contribution in [0.4, 0.5) is 5.82 Å². The molecule has 2 heterocycles. The van der Waals surface area contributed by atoms with Crippen LogP contribution in [0.25, 0.3) is 0 Å². The van der Waals surface area contributed by atoms with Gasteiger partial charge < -0.3 is 10.2 Å². The van der Waals surface area contributed by atoms with Crippen molar-refractivity contribution in [2.75, 3.05) is 18.4 Å². The van der Waals surface area contributed by atoms with E-state index >= 15 is 0 Å². The van der Waals surface area contributed by atoms with Gasteiger partial charge in [-0.15, -0.1) is 0 Å². The number of nitrogens with one attached hydrogen (secondary N) is 1. The Kier molecular flexibility index (Phi) is 5.55. The van der Waals surface area contributed by atoms with E-state index in [-0.39, 0.29) is 17.7 Å². The van der Waals surface area contributed by atoms with Gasteiger partial charge in [0.1, 0.15) is 5.82 Å². The second-order valence-corrected chi connectivity index (χ2v) is 6.11. The molecule has 6 heteroatoms. The van der Waals surface area contributed by atoms with Crippen LogP contribution in [-0.2, 0) is 9.59 Å². The van der Waals surface area contributed by atoms with Crippen molar-refractivity contribution in [2.45, 2.75) is 26.7 Å². The van der Waals surface area contributed by atoms with Gasteiger partial charge in [-0.1, -0.05) is 17.2 Å². The predicted molar refractivity (Wildman–Crippen MR) is 86.6 cm³/mol. The number of carbonyl (C=O) groups excluding carboxylic acids is 2. The molecule has 5 nitrogen and oxygen atoms in total. The molecule has 0 aliphatic carbocycles. The fourth-order valence-corrected chi connectivity index (χ4v) is 2.49. The molecule has 2 amide bonds. The highest BCUT2D eigenvalue weighted by Gasteiger charge is 2.26. The van der Waals surface area contributed by atoms with Gasteiger partial charge in [0, 0.05) is 31.3 Å². The van der Waals surface area contributed by atoms with Gasteiger partial charge in [0.15, 0.2) is 0 Å². The normalized spacial score (nSPS) is 15.3. The van der Waals surface area contributed by atoms with Crippen molar-refractivity contribution < 1.29 is 9.59 Å². The van der Waals surface area contributed by atoms with Gasteiger partial charge in [0.25, 0.3) is 0 Å². The SMILES string of the molecule is CC(C)=CC(=O)N1CCC(C(=O)Nc2ccc(Cl)cn2)CC1. The minimum Gasteiger partial charge on any atom is -0.339 e. The number of aromatic nitrogens is 1. The number of anilines is 1. The first-order valence-electron chi connectivity index (χ1n) is 7.32. The molecule has 0 radical (unpaired) electrons. The lowest BCUT2D eigenvalue weighted by Gasteiger charge is -2.30. The van der Waals surface area contributed by atoms with Gasteiger partial charge in [-0.3, -0.25) is 9.59 Å². The Balaban J connectivity index is 1.86. The van der Waals surface area contributed by atoms with E-state index in [4.69, 9.17) is 11.6 Å². The number of piperidine rings is 1. The summed E-state index contributed by atoms with van der Waals surface area (Å²) in [5, 5.41) is 3.32. The van der Waals surface area contributed by atoms with Crippen molar-refractivity contribution in [3.05, 3.63) is 35.0 Å². The fourth-order valence-electron chi connectivity index (χ4n) is 2.38. The summed E-state index contributed by atoms with van der Waals surface area (Å²) in [7, 11) is 0. The summed E-state index contributed by atoms with van der Waals surface area (Å²) in [5.41, 5.74) is 0.985. The summed E-state index contributed by atoms with van der Waals surface area (Å²) in [4.78, 5) is 30.0. The smallest absolute Gasteiger partial charge is 0.246 e. The van der Waals surface area contributed by atoms with Crippen LogP contribution in [-0.4, -0.2) is 34.8 Å². The number of likely N-dealkylation sites (tertiary alicyclic amines) is 1. The summed E-state index contributed by atoms with van der Waals surface area (Å²) >= 11 is 5.76. The molecular weight excluding hydrogens is 302 g/mol. The van der Waals surface area contributed by atoms with Crippen LogP contribution in [0.5, 0.6) is 0 Å². The number of nitrogens with zero attached hydrogens (tertiary/aromatic N) is 2. The van der Waals surface area contributed by atoms with Crippen molar-refractivity contribution in [1.82, 2.24) is 9.88 Å². The molecule has 0 unspecified atom stereocenters. The molecule has 1 fully saturated rings. The van der Waals surface area contributed by atoms with E-state index in [1.165, 1.54) is 6.20 Å². The van der Waals surface area contributed by atoms with E-state index < -0.39 is 0 Å². The largest absolute Gasteiger partial charge is 0.339 e. The van der Waals surface area contributed by atoms with Crippen LogP contribution < -0.4 is 5.32 Å². The van der Waals surface area contributed by atoms with E-state index in [9.17, 15) is 9.59 Å². The molecule has 1 aliphatic heterocycles. The third-order valence-electron chi connectivity index (χ3n) is 3.57. The van der Waals surface area contributed by atoms with E-state index in [2.05, 4.69) is 10.3 Å². The lowest BCUT2D eigenvalue weighted by Crippen LogP contribution is -2.40. The van der Waals surface area contributed by atoms with Crippen LogP contribution in [0.3, 0.4) is 0 Å². The van der Waals surface area contributed by atoms with E-state index in [0.29, 0.717) is 36.8 Å². The Morgan fingerprint density at radius 3 is 2.55 bits per heavy atom. The second-order valence-electron chi connectivity index (χ2n) is 5.67. The van der Waals surface area contributed by atoms with Crippen LogP contribution >= 0.6 is 11.6 Å². The maximum Gasteiger partial charge on any atom is 0.246 e. The van der Waals surface area contributed by atoms with Crippen molar-refractivity contribution in [3.8, 4) is 0 Å². The van der Waals surface area contributed by atoms with Crippen LogP contribution in [0, 0.1) is 5.92 Å². The zero-order chi connectivity index (χ0) is 16.1. The Labute approximate surface area is 135 Å². The number of hydrogen-bond acceptors (Lipinski definition) is 3. The molecule has 1 saturated heterocycles. The quantitative estimate of drug-likeness (QED) is 0.871. The highest BCUT2D eigenvalue weighted by molar-refractivity contribution is 6.30. The zero-order valence-corrected chi connectivity index (χ0v) is 13.6. The predicted octanol–water partition coefficient (Wildman–Crippen LogP) is 2.88. The molecule has 1 aliphatic rings. The maximum absolute atomic E-state index is 12.2. The average Bonchev–Trinajstić information content (AvgIpc) is 2.49. The van der Waals surface area contributed by atoms with Crippen LogP contribution in [0.2, 0.25) is 5.02 Å². The molecule has 0 spiro atoms. The van der Waals surface area contributed by atoms with Gasteiger partial charge in [-0.25, -0.2) is 4.98 Å². The van der Waals surface area contributed by atoms with Gasteiger partial charge in [0.05, 0.1) is 5.02 Å². The van der Waals surface area contributed by atoms with Gasteiger partial charge in [-0.2, -0.15) is 0 Å². The van der Waals surface area contributed by atoms with Gasteiger partial charge in [-0.05, 0) is 38.8 Å². The highest BCUT2D eigenvalue weighted by atomic mass is 35.5. The third-order valence-corrected chi connectivity index (χ3v) is 3.79. The molecule has 1 N–H and O–H groups in total. The molecule has 118 valence electrons. The summed E-state index contributed by atoms with van der Waals surface area (Å²) in [5.74, 6) is 0.382. The summed E-state index contributed by atoms with van der Waals surface area (Å²) < 4.78 is 0. The molecule has 0 atom stereocenters. The van der Waals surface area contributed by atoms with E-state index in [1.807, 2.05) is 13.8 Å².